The number of thiophene rings is 1. The first-order valence-corrected chi connectivity index (χ1v) is 8.64. The normalized spacial score (nSPS) is 22.6. The first-order chi connectivity index (χ1) is 9.16. The maximum atomic E-state index is 5.97. The van der Waals surface area contributed by atoms with Crippen molar-refractivity contribution in [1.29, 1.82) is 0 Å². The predicted molar refractivity (Wildman–Crippen MR) is 85.2 cm³/mol. The van der Waals surface area contributed by atoms with Gasteiger partial charge in [0.15, 0.2) is 0 Å². The van der Waals surface area contributed by atoms with Crippen LogP contribution in [0.4, 0.5) is 0 Å². The van der Waals surface area contributed by atoms with Gasteiger partial charge in [0, 0.05) is 12.1 Å². The van der Waals surface area contributed by atoms with E-state index >= 15 is 0 Å². The molecule has 1 saturated heterocycles. The average molecular weight is 301 g/mol. The third kappa shape index (κ3) is 4.75. The molecule has 2 nitrogen and oxygen atoms in total. The molecule has 0 saturated carbocycles. The van der Waals surface area contributed by atoms with Crippen molar-refractivity contribution in [3.63, 3.8) is 0 Å². The maximum absolute atomic E-state index is 5.97. The average Bonchev–Trinajstić information content (AvgIpc) is 2.83. The van der Waals surface area contributed by atoms with E-state index in [2.05, 4.69) is 35.5 Å². The molecule has 1 aliphatic heterocycles. The molecule has 1 aromatic rings. The molecule has 4 heteroatoms. The Labute approximate surface area is 126 Å². The molecule has 0 amide bonds. The minimum atomic E-state index is 0.405. The van der Waals surface area contributed by atoms with Crippen molar-refractivity contribution in [2.75, 3.05) is 19.6 Å². The lowest BCUT2D eigenvalue weighted by molar-refractivity contribution is 0.158. The Bertz CT molecular complexity index is 380. The fourth-order valence-electron chi connectivity index (χ4n) is 2.76. The molecule has 2 atom stereocenters. The van der Waals surface area contributed by atoms with Crippen LogP contribution in [0.2, 0.25) is 4.34 Å². The molecule has 0 bridgehead atoms. The number of hydrogen-bond donors (Lipinski definition) is 1. The Morgan fingerprint density at radius 2 is 2.37 bits per heavy atom. The second-order valence-corrected chi connectivity index (χ2v) is 7.14. The molecule has 0 spiro atoms. The zero-order valence-electron chi connectivity index (χ0n) is 12.0. The summed E-state index contributed by atoms with van der Waals surface area (Å²) in [6.07, 6.45) is 5.39. The molecule has 108 valence electrons. The van der Waals surface area contributed by atoms with E-state index in [1.54, 1.807) is 11.3 Å². The standard InChI is InChI=1S/C15H25ClN2S/c1-12-6-3-4-8-18(12)9-5-7-17-13(2)14-10-15(16)19-11-14/h10-13,17H,3-9H2,1-2H3. The quantitative estimate of drug-likeness (QED) is 0.787. The van der Waals surface area contributed by atoms with Gasteiger partial charge in [-0.1, -0.05) is 18.0 Å². The number of piperidine rings is 1. The van der Waals surface area contributed by atoms with Crippen LogP contribution in [-0.4, -0.2) is 30.6 Å². The van der Waals surface area contributed by atoms with Gasteiger partial charge in [-0.3, -0.25) is 0 Å². The van der Waals surface area contributed by atoms with Crippen molar-refractivity contribution < 1.29 is 0 Å². The van der Waals surface area contributed by atoms with E-state index in [-0.39, 0.29) is 0 Å². The van der Waals surface area contributed by atoms with Gasteiger partial charge in [0.1, 0.15) is 0 Å². The summed E-state index contributed by atoms with van der Waals surface area (Å²) in [6.45, 7) is 8.17. The van der Waals surface area contributed by atoms with Crippen LogP contribution >= 0.6 is 22.9 Å². The van der Waals surface area contributed by atoms with Crippen molar-refractivity contribution >= 4 is 22.9 Å². The van der Waals surface area contributed by atoms with Gasteiger partial charge < -0.3 is 10.2 Å². The zero-order chi connectivity index (χ0) is 13.7. The van der Waals surface area contributed by atoms with Crippen LogP contribution in [0.15, 0.2) is 11.4 Å². The molecule has 0 aliphatic carbocycles. The van der Waals surface area contributed by atoms with Crippen LogP contribution < -0.4 is 5.32 Å². The molecule has 1 fully saturated rings. The van der Waals surface area contributed by atoms with E-state index in [1.807, 2.05) is 0 Å². The summed E-state index contributed by atoms with van der Waals surface area (Å²) in [6, 6.07) is 3.25. The minimum Gasteiger partial charge on any atom is -0.310 e. The van der Waals surface area contributed by atoms with Crippen molar-refractivity contribution in [2.45, 2.75) is 51.6 Å². The molecular weight excluding hydrogens is 276 g/mol. The molecule has 0 radical (unpaired) electrons. The maximum Gasteiger partial charge on any atom is 0.0931 e. The first-order valence-electron chi connectivity index (χ1n) is 7.38. The van der Waals surface area contributed by atoms with Crippen LogP contribution in [0.5, 0.6) is 0 Å². The highest BCUT2D eigenvalue weighted by molar-refractivity contribution is 7.14. The smallest absolute Gasteiger partial charge is 0.0931 e. The van der Waals surface area contributed by atoms with E-state index in [9.17, 15) is 0 Å². The number of nitrogens with zero attached hydrogens (tertiary/aromatic N) is 1. The summed E-state index contributed by atoms with van der Waals surface area (Å²) in [5, 5.41) is 5.73. The summed E-state index contributed by atoms with van der Waals surface area (Å²) >= 11 is 7.58. The van der Waals surface area contributed by atoms with Gasteiger partial charge in [0.25, 0.3) is 0 Å². The van der Waals surface area contributed by atoms with Gasteiger partial charge in [-0.2, -0.15) is 0 Å². The summed E-state index contributed by atoms with van der Waals surface area (Å²) in [5.74, 6) is 0. The summed E-state index contributed by atoms with van der Waals surface area (Å²) in [7, 11) is 0. The third-order valence-electron chi connectivity index (χ3n) is 4.10. The zero-order valence-corrected chi connectivity index (χ0v) is 13.6. The van der Waals surface area contributed by atoms with Crippen LogP contribution in [0.1, 0.15) is 51.1 Å². The largest absolute Gasteiger partial charge is 0.310 e. The van der Waals surface area contributed by atoms with Crippen LogP contribution in [0.25, 0.3) is 0 Å². The highest BCUT2D eigenvalue weighted by Crippen LogP contribution is 2.24. The van der Waals surface area contributed by atoms with Crippen molar-refractivity contribution in [3.05, 3.63) is 21.3 Å². The lowest BCUT2D eigenvalue weighted by Crippen LogP contribution is -2.39. The Hall–Kier alpha value is -0.0900. The molecule has 1 N–H and O–H groups in total. The number of nitrogens with one attached hydrogen (secondary N) is 1. The molecule has 2 heterocycles. The Morgan fingerprint density at radius 3 is 3.05 bits per heavy atom. The fraction of sp³-hybridized carbons (Fsp3) is 0.733. The molecule has 0 aromatic carbocycles. The molecular formula is C15H25ClN2S. The van der Waals surface area contributed by atoms with Gasteiger partial charge in [0.05, 0.1) is 4.34 Å². The van der Waals surface area contributed by atoms with Gasteiger partial charge in [0.2, 0.25) is 0 Å². The van der Waals surface area contributed by atoms with Crippen LogP contribution in [0, 0.1) is 0 Å². The lowest BCUT2D eigenvalue weighted by Gasteiger charge is -2.33. The van der Waals surface area contributed by atoms with E-state index in [0.717, 1.165) is 16.9 Å². The van der Waals surface area contributed by atoms with E-state index in [1.165, 1.54) is 44.3 Å². The van der Waals surface area contributed by atoms with Crippen molar-refractivity contribution in [3.8, 4) is 0 Å². The number of halogens is 1. The van der Waals surface area contributed by atoms with Crippen LogP contribution in [0.3, 0.4) is 0 Å². The second-order valence-electron chi connectivity index (χ2n) is 5.59. The van der Waals surface area contributed by atoms with E-state index in [0.29, 0.717) is 6.04 Å². The third-order valence-corrected chi connectivity index (χ3v) is 5.21. The Morgan fingerprint density at radius 1 is 1.53 bits per heavy atom. The van der Waals surface area contributed by atoms with Crippen molar-refractivity contribution in [1.82, 2.24) is 10.2 Å². The first kappa shape index (κ1) is 15.3. The Balaban J connectivity index is 1.63. The number of hydrogen-bond acceptors (Lipinski definition) is 3. The van der Waals surface area contributed by atoms with Crippen LogP contribution in [-0.2, 0) is 0 Å². The minimum absolute atomic E-state index is 0.405. The van der Waals surface area contributed by atoms with E-state index < -0.39 is 0 Å². The van der Waals surface area contributed by atoms with E-state index in [4.69, 9.17) is 11.6 Å². The number of likely N-dealkylation sites (tertiary alicyclic amines) is 1. The number of rotatable bonds is 6. The second kappa shape index (κ2) is 7.63. The molecule has 1 aromatic heterocycles. The van der Waals surface area contributed by atoms with Crippen molar-refractivity contribution in [2.24, 2.45) is 0 Å². The van der Waals surface area contributed by atoms with Gasteiger partial charge in [-0.15, -0.1) is 11.3 Å². The van der Waals surface area contributed by atoms with Gasteiger partial charge >= 0.3 is 0 Å². The van der Waals surface area contributed by atoms with Gasteiger partial charge in [-0.25, -0.2) is 0 Å². The highest BCUT2D eigenvalue weighted by Gasteiger charge is 2.17. The molecule has 2 rings (SSSR count). The lowest BCUT2D eigenvalue weighted by atomic mass is 10.0. The topological polar surface area (TPSA) is 15.3 Å². The summed E-state index contributed by atoms with van der Waals surface area (Å²) < 4.78 is 0.880. The van der Waals surface area contributed by atoms with Gasteiger partial charge in [-0.05, 0) is 69.8 Å². The fourth-order valence-corrected chi connectivity index (χ4v) is 3.74. The summed E-state index contributed by atoms with van der Waals surface area (Å²) in [5.41, 5.74) is 1.31. The molecule has 1 aliphatic rings. The monoisotopic (exact) mass is 300 g/mol. The highest BCUT2D eigenvalue weighted by atomic mass is 35.5. The predicted octanol–water partition coefficient (Wildman–Crippen LogP) is 4.32. The Kier molecular flexibility index (Phi) is 6.14. The SMILES string of the molecule is CC(NCCCN1CCCCC1C)c1csc(Cl)c1. The summed E-state index contributed by atoms with van der Waals surface area (Å²) in [4.78, 5) is 2.64. The molecule has 2 unspecified atom stereocenters. The molecule has 19 heavy (non-hydrogen) atoms.